The Morgan fingerprint density at radius 2 is 2.07 bits per heavy atom. The second kappa shape index (κ2) is 4.97. The first-order chi connectivity index (χ1) is 6.53. The summed E-state index contributed by atoms with van der Waals surface area (Å²) in [6.07, 6.45) is 6.82. The summed E-state index contributed by atoms with van der Waals surface area (Å²) in [6, 6.07) is 0. The number of hydrogen-bond donors (Lipinski definition) is 0. The maximum absolute atomic E-state index is 11.4. The number of alkyl halides is 1. The number of halogens is 1. The van der Waals surface area contributed by atoms with Gasteiger partial charge in [0, 0.05) is 12.3 Å². The maximum Gasteiger partial charge on any atom is 0.156 e. The fourth-order valence-corrected chi connectivity index (χ4v) is 2.27. The third-order valence-corrected chi connectivity index (χ3v) is 2.87. The van der Waals surface area contributed by atoms with Crippen LogP contribution in [0.1, 0.15) is 46.0 Å². The predicted octanol–water partition coefficient (Wildman–Crippen LogP) is 3.71. The summed E-state index contributed by atoms with van der Waals surface area (Å²) >= 11 is 5.62. The van der Waals surface area contributed by atoms with Crippen molar-refractivity contribution in [1.82, 2.24) is 0 Å². The third kappa shape index (κ3) is 3.83. The summed E-state index contributed by atoms with van der Waals surface area (Å²) < 4.78 is 0. The van der Waals surface area contributed by atoms with Crippen molar-refractivity contribution in [2.75, 3.05) is 5.88 Å². The topological polar surface area (TPSA) is 17.1 Å². The van der Waals surface area contributed by atoms with Crippen molar-refractivity contribution in [3.63, 3.8) is 0 Å². The van der Waals surface area contributed by atoms with Crippen molar-refractivity contribution < 1.29 is 4.79 Å². The summed E-state index contributed by atoms with van der Waals surface area (Å²) in [4.78, 5) is 11.4. The Bertz CT molecular complexity index is 241. The normalized spacial score (nSPS) is 20.8. The number of carbonyl (C=O) groups excluding carboxylic acids is 1. The molecule has 0 heterocycles. The Kier molecular flexibility index (Phi) is 4.18. The van der Waals surface area contributed by atoms with Crippen LogP contribution in [0.3, 0.4) is 0 Å². The molecular weight excluding hydrogens is 196 g/mol. The lowest BCUT2D eigenvalue weighted by atomic mass is 9.76. The Hall–Kier alpha value is -0.300. The lowest BCUT2D eigenvalue weighted by Crippen LogP contribution is -2.21. The molecule has 1 aliphatic rings. The first-order valence-electron chi connectivity index (χ1n) is 5.32. The molecule has 80 valence electrons. The standard InChI is InChI=1S/C12H19ClO/c1-12(2)8-10(5-3-4-6-13)7-11(14)9-12/h7H,3-6,8-9H2,1-2H3. The van der Waals surface area contributed by atoms with E-state index in [1.807, 2.05) is 6.08 Å². The number of hydrogen-bond acceptors (Lipinski definition) is 1. The van der Waals surface area contributed by atoms with E-state index in [-0.39, 0.29) is 5.41 Å². The minimum atomic E-state index is 0.169. The van der Waals surface area contributed by atoms with Crippen LogP contribution < -0.4 is 0 Å². The van der Waals surface area contributed by atoms with Crippen LogP contribution in [-0.2, 0) is 4.79 Å². The quantitative estimate of drug-likeness (QED) is 0.515. The van der Waals surface area contributed by atoms with Crippen molar-refractivity contribution >= 4 is 17.4 Å². The molecule has 0 fully saturated rings. The molecule has 0 amide bonds. The molecule has 14 heavy (non-hydrogen) atoms. The maximum atomic E-state index is 11.4. The summed E-state index contributed by atoms with van der Waals surface area (Å²) in [5, 5.41) is 0. The molecule has 1 rings (SSSR count). The van der Waals surface area contributed by atoms with Crippen molar-refractivity contribution in [2.24, 2.45) is 5.41 Å². The van der Waals surface area contributed by atoms with Crippen molar-refractivity contribution in [2.45, 2.75) is 46.0 Å². The summed E-state index contributed by atoms with van der Waals surface area (Å²) in [6.45, 7) is 4.33. The lowest BCUT2D eigenvalue weighted by Gasteiger charge is -2.28. The minimum Gasteiger partial charge on any atom is -0.295 e. The molecule has 0 radical (unpaired) electrons. The summed E-state index contributed by atoms with van der Waals surface area (Å²) in [7, 11) is 0. The highest BCUT2D eigenvalue weighted by atomic mass is 35.5. The molecule has 0 N–H and O–H groups in total. The molecule has 0 saturated heterocycles. The van der Waals surface area contributed by atoms with Gasteiger partial charge in [-0.25, -0.2) is 0 Å². The van der Waals surface area contributed by atoms with Crippen LogP contribution in [0.5, 0.6) is 0 Å². The third-order valence-electron chi connectivity index (χ3n) is 2.61. The molecule has 0 bridgehead atoms. The lowest BCUT2D eigenvalue weighted by molar-refractivity contribution is -0.117. The van der Waals surface area contributed by atoms with Gasteiger partial charge < -0.3 is 0 Å². The molecule has 0 aliphatic heterocycles. The van der Waals surface area contributed by atoms with Crippen LogP contribution >= 0.6 is 11.6 Å². The van der Waals surface area contributed by atoms with Crippen molar-refractivity contribution in [1.29, 1.82) is 0 Å². The average Bonchev–Trinajstić information content (AvgIpc) is 2.00. The molecule has 2 heteroatoms. The highest BCUT2D eigenvalue weighted by molar-refractivity contribution is 6.17. The van der Waals surface area contributed by atoms with Gasteiger partial charge in [-0.1, -0.05) is 19.4 Å². The Morgan fingerprint density at radius 1 is 1.36 bits per heavy atom. The summed E-state index contributed by atoms with van der Waals surface area (Å²) in [5.41, 5.74) is 1.48. The number of rotatable bonds is 4. The van der Waals surface area contributed by atoms with Gasteiger partial charge in [-0.05, 0) is 37.2 Å². The number of allylic oxidation sites excluding steroid dienone is 2. The highest BCUT2D eigenvalue weighted by Gasteiger charge is 2.26. The molecule has 0 atom stereocenters. The number of ketones is 1. The molecule has 0 aromatic heterocycles. The molecular formula is C12H19ClO. The van der Waals surface area contributed by atoms with Crippen LogP contribution in [0, 0.1) is 5.41 Å². The Balaban J connectivity index is 2.48. The molecule has 1 nitrogen and oxygen atoms in total. The summed E-state index contributed by atoms with van der Waals surface area (Å²) in [5.74, 6) is 1.02. The van der Waals surface area contributed by atoms with Gasteiger partial charge in [-0.2, -0.15) is 0 Å². The minimum absolute atomic E-state index is 0.169. The van der Waals surface area contributed by atoms with Gasteiger partial charge in [0.1, 0.15) is 0 Å². The van der Waals surface area contributed by atoms with Gasteiger partial charge >= 0.3 is 0 Å². The van der Waals surface area contributed by atoms with E-state index in [2.05, 4.69) is 13.8 Å². The van der Waals surface area contributed by atoms with Gasteiger partial charge in [0.05, 0.1) is 0 Å². The number of unbranched alkanes of at least 4 members (excludes halogenated alkanes) is 1. The van der Waals surface area contributed by atoms with Crippen LogP contribution in [0.2, 0.25) is 0 Å². The zero-order chi connectivity index (χ0) is 10.6. The zero-order valence-electron chi connectivity index (χ0n) is 9.11. The largest absolute Gasteiger partial charge is 0.295 e. The average molecular weight is 215 g/mol. The van der Waals surface area contributed by atoms with Gasteiger partial charge in [-0.15, -0.1) is 11.6 Å². The fraction of sp³-hybridized carbons (Fsp3) is 0.750. The second-order valence-corrected chi connectivity index (χ2v) is 5.31. The second-order valence-electron chi connectivity index (χ2n) is 4.93. The molecule has 1 aliphatic carbocycles. The van der Waals surface area contributed by atoms with E-state index in [1.54, 1.807) is 0 Å². The van der Waals surface area contributed by atoms with E-state index in [4.69, 9.17) is 11.6 Å². The van der Waals surface area contributed by atoms with Gasteiger partial charge in [0.25, 0.3) is 0 Å². The molecule has 0 aromatic rings. The molecule has 0 saturated carbocycles. The van der Waals surface area contributed by atoms with E-state index in [0.29, 0.717) is 12.2 Å². The van der Waals surface area contributed by atoms with Gasteiger partial charge in [0.2, 0.25) is 0 Å². The molecule has 0 unspecified atom stereocenters. The van der Waals surface area contributed by atoms with Gasteiger partial charge in [0.15, 0.2) is 5.78 Å². The Labute approximate surface area is 91.5 Å². The van der Waals surface area contributed by atoms with Gasteiger partial charge in [-0.3, -0.25) is 4.79 Å². The first kappa shape index (κ1) is 11.8. The smallest absolute Gasteiger partial charge is 0.156 e. The number of carbonyl (C=O) groups is 1. The molecule has 0 aromatic carbocycles. The first-order valence-corrected chi connectivity index (χ1v) is 5.85. The van der Waals surface area contributed by atoms with Crippen LogP contribution in [0.15, 0.2) is 11.6 Å². The van der Waals surface area contributed by atoms with E-state index < -0.39 is 0 Å². The van der Waals surface area contributed by atoms with Crippen molar-refractivity contribution in [3.8, 4) is 0 Å². The van der Waals surface area contributed by atoms with E-state index in [9.17, 15) is 4.79 Å². The van der Waals surface area contributed by atoms with E-state index >= 15 is 0 Å². The van der Waals surface area contributed by atoms with Crippen LogP contribution in [0.25, 0.3) is 0 Å². The van der Waals surface area contributed by atoms with Crippen LogP contribution in [0.4, 0.5) is 0 Å². The zero-order valence-corrected chi connectivity index (χ0v) is 9.86. The molecule has 0 spiro atoms. The van der Waals surface area contributed by atoms with E-state index in [1.165, 1.54) is 5.57 Å². The van der Waals surface area contributed by atoms with Crippen LogP contribution in [-0.4, -0.2) is 11.7 Å². The van der Waals surface area contributed by atoms with E-state index in [0.717, 1.165) is 31.6 Å². The SMILES string of the molecule is CC1(C)CC(=O)C=C(CCCCCl)C1. The fourth-order valence-electron chi connectivity index (χ4n) is 2.09. The highest BCUT2D eigenvalue weighted by Crippen LogP contribution is 2.35. The predicted molar refractivity (Wildman–Crippen MR) is 60.7 cm³/mol. The monoisotopic (exact) mass is 214 g/mol. The van der Waals surface area contributed by atoms with Crippen molar-refractivity contribution in [3.05, 3.63) is 11.6 Å². The Morgan fingerprint density at radius 3 is 2.64 bits per heavy atom.